The molecule has 0 aliphatic heterocycles. The summed E-state index contributed by atoms with van der Waals surface area (Å²) in [5, 5.41) is 11.1. The van der Waals surface area contributed by atoms with Gasteiger partial charge in [-0.3, -0.25) is 0 Å². The van der Waals surface area contributed by atoms with E-state index in [0.717, 1.165) is 15.6 Å². The van der Waals surface area contributed by atoms with Crippen LogP contribution in [0.2, 0.25) is 5.02 Å². The molecule has 2 nitrogen and oxygen atoms in total. The van der Waals surface area contributed by atoms with Crippen LogP contribution in [-0.4, -0.2) is 10.1 Å². The van der Waals surface area contributed by atoms with Gasteiger partial charge < -0.3 is 5.11 Å². The molecule has 1 heterocycles. The summed E-state index contributed by atoms with van der Waals surface area (Å²) in [5.41, 5.74) is 1.22. The number of hydrogen-bond acceptors (Lipinski definition) is 3. The van der Waals surface area contributed by atoms with Crippen molar-refractivity contribution in [2.45, 2.75) is 26.4 Å². The Morgan fingerprint density at radius 2 is 2.17 bits per heavy atom. The first-order valence-electron chi connectivity index (χ1n) is 5.54. The Morgan fingerprint density at radius 3 is 2.78 bits per heavy atom. The number of aryl methyl sites for hydroxylation is 2. The number of nitrogens with zero attached hydrogens (tertiary/aromatic N) is 1. The molecule has 0 amide bonds. The van der Waals surface area contributed by atoms with E-state index in [9.17, 15) is 9.50 Å². The third-order valence-electron chi connectivity index (χ3n) is 2.69. The van der Waals surface area contributed by atoms with Gasteiger partial charge in [0.25, 0.3) is 0 Å². The van der Waals surface area contributed by atoms with Gasteiger partial charge in [-0.2, -0.15) is 0 Å². The van der Waals surface area contributed by atoms with Crippen LogP contribution in [0.5, 0.6) is 0 Å². The standard InChI is InChI=1S/C13H13ClFNOS/c1-7-13(18-8(2)16-7)11(17)6-9-4-3-5-10(14)12(9)15/h3-5,11,17H,6H2,1-2H3. The Kier molecular flexibility index (Phi) is 4.00. The number of aliphatic hydroxyl groups is 1. The fraction of sp³-hybridized carbons (Fsp3) is 0.308. The van der Waals surface area contributed by atoms with Crippen LogP contribution in [0, 0.1) is 19.7 Å². The highest BCUT2D eigenvalue weighted by atomic mass is 35.5. The topological polar surface area (TPSA) is 33.1 Å². The molecular weight excluding hydrogens is 273 g/mol. The third kappa shape index (κ3) is 2.71. The minimum Gasteiger partial charge on any atom is -0.387 e. The number of thiazole rings is 1. The summed E-state index contributed by atoms with van der Waals surface area (Å²) < 4.78 is 13.7. The van der Waals surface area contributed by atoms with Gasteiger partial charge in [-0.05, 0) is 25.5 Å². The Bertz CT molecular complexity index is 570. The average Bonchev–Trinajstić information content (AvgIpc) is 2.64. The lowest BCUT2D eigenvalue weighted by molar-refractivity contribution is 0.180. The molecule has 0 spiro atoms. The fourth-order valence-electron chi connectivity index (χ4n) is 1.86. The Hall–Kier alpha value is -0.970. The molecule has 0 aliphatic carbocycles. The number of halogens is 2. The number of rotatable bonds is 3. The average molecular weight is 286 g/mol. The van der Waals surface area contributed by atoms with E-state index in [4.69, 9.17) is 11.6 Å². The van der Waals surface area contributed by atoms with Crippen molar-refractivity contribution in [3.8, 4) is 0 Å². The Balaban J connectivity index is 2.24. The predicted octanol–water partition coefficient (Wildman–Crippen LogP) is 3.83. The van der Waals surface area contributed by atoms with Crippen LogP contribution in [-0.2, 0) is 6.42 Å². The first kappa shape index (κ1) is 13.5. The van der Waals surface area contributed by atoms with Crippen LogP contribution in [0.25, 0.3) is 0 Å². The molecule has 0 aliphatic rings. The van der Waals surface area contributed by atoms with E-state index in [1.807, 2.05) is 13.8 Å². The van der Waals surface area contributed by atoms with E-state index >= 15 is 0 Å². The molecule has 1 unspecified atom stereocenters. The van der Waals surface area contributed by atoms with Crippen molar-refractivity contribution in [2.75, 3.05) is 0 Å². The van der Waals surface area contributed by atoms with Gasteiger partial charge in [0.15, 0.2) is 0 Å². The van der Waals surface area contributed by atoms with Gasteiger partial charge in [0.1, 0.15) is 5.82 Å². The molecule has 1 aromatic carbocycles. The normalized spacial score (nSPS) is 12.7. The second kappa shape index (κ2) is 5.34. The van der Waals surface area contributed by atoms with E-state index < -0.39 is 11.9 Å². The zero-order valence-electron chi connectivity index (χ0n) is 10.1. The number of benzene rings is 1. The van der Waals surface area contributed by atoms with Crippen LogP contribution in [0.1, 0.15) is 27.2 Å². The lowest BCUT2D eigenvalue weighted by Gasteiger charge is -2.10. The quantitative estimate of drug-likeness (QED) is 0.930. The molecule has 1 atom stereocenters. The lowest BCUT2D eigenvalue weighted by atomic mass is 10.1. The molecule has 0 radical (unpaired) electrons. The van der Waals surface area contributed by atoms with Crippen molar-refractivity contribution < 1.29 is 9.50 Å². The molecular formula is C13H13ClFNOS. The van der Waals surface area contributed by atoms with E-state index in [0.29, 0.717) is 5.56 Å². The van der Waals surface area contributed by atoms with Crippen LogP contribution < -0.4 is 0 Å². The summed E-state index contributed by atoms with van der Waals surface area (Å²) in [4.78, 5) is 5.04. The summed E-state index contributed by atoms with van der Waals surface area (Å²) in [5.74, 6) is -0.461. The van der Waals surface area contributed by atoms with Gasteiger partial charge in [0, 0.05) is 6.42 Å². The molecule has 1 N–H and O–H groups in total. The molecule has 96 valence electrons. The second-order valence-corrected chi connectivity index (χ2v) is 5.76. The van der Waals surface area contributed by atoms with Gasteiger partial charge in [-0.1, -0.05) is 23.7 Å². The molecule has 18 heavy (non-hydrogen) atoms. The van der Waals surface area contributed by atoms with Gasteiger partial charge in [-0.15, -0.1) is 11.3 Å². The molecule has 0 saturated heterocycles. The smallest absolute Gasteiger partial charge is 0.145 e. The second-order valence-electron chi connectivity index (χ2n) is 4.12. The SMILES string of the molecule is Cc1nc(C)c(C(O)Cc2cccc(Cl)c2F)s1. The van der Waals surface area contributed by atoms with Gasteiger partial charge >= 0.3 is 0 Å². The number of hydrogen-bond donors (Lipinski definition) is 1. The molecule has 2 rings (SSSR count). The van der Waals surface area contributed by atoms with E-state index in [1.165, 1.54) is 17.4 Å². The maximum atomic E-state index is 13.7. The van der Waals surface area contributed by atoms with Crippen LogP contribution >= 0.6 is 22.9 Å². The predicted molar refractivity (Wildman–Crippen MR) is 71.7 cm³/mol. The molecule has 5 heteroatoms. The zero-order chi connectivity index (χ0) is 13.3. The minimum absolute atomic E-state index is 0.0805. The van der Waals surface area contributed by atoms with E-state index in [-0.39, 0.29) is 11.4 Å². The summed E-state index contributed by atoms with van der Waals surface area (Å²) in [6.45, 7) is 3.73. The summed E-state index contributed by atoms with van der Waals surface area (Å²) in [7, 11) is 0. The van der Waals surface area contributed by atoms with E-state index in [1.54, 1.807) is 12.1 Å². The maximum Gasteiger partial charge on any atom is 0.145 e. The molecule has 0 bridgehead atoms. The number of aliphatic hydroxyl groups excluding tert-OH is 1. The highest BCUT2D eigenvalue weighted by molar-refractivity contribution is 7.11. The molecule has 1 aromatic heterocycles. The summed E-state index contributed by atoms with van der Waals surface area (Å²) in [6, 6.07) is 4.81. The monoisotopic (exact) mass is 285 g/mol. The van der Waals surface area contributed by atoms with E-state index in [2.05, 4.69) is 4.98 Å². The van der Waals surface area contributed by atoms with Crippen molar-refractivity contribution >= 4 is 22.9 Å². The zero-order valence-corrected chi connectivity index (χ0v) is 11.6. The molecule has 2 aromatic rings. The maximum absolute atomic E-state index is 13.7. The fourth-order valence-corrected chi connectivity index (χ4v) is 2.97. The summed E-state index contributed by atoms with van der Waals surface area (Å²) in [6.07, 6.45) is -0.543. The van der Waals surface area contributed by atoms with Gasteiger partial charge in [-0.25, -0.2) is 9.37 Å². The first-order chi connectivity index (χ1) is 8.49. The molecule has 0 fully saturated rings. The van der Waals surface area contributed by atoms with Crippen LogP contribution in [0.4, 0.5) is 4.39 Å². The minimum atomic E-state index is -0.746. The van der Waals surface area contributed by atoms with Crippen molar-refractivity contribution in [2.24, 2.45) is 0 Å². The molecule has 0 saturated carbocycles. The van der Waals surface area contributed by atoms with Crippen molar-refractivity contribution in [1.82, 2.24) is 4.98 Å². The van der Waals surface area contributed by atoms with Gasteiger partial charge in [0.05, 0.1) is 26.7 Å². The Morgan fingerprint density at radius 1 is 1.44 bits per heavy atom. The Labute approximate surface area is 114 Å². The lowest BCUT2D eigenvalue weighted by Crippen LogP contribution is -2.03. The third-order valence-corrected chi connectivity index (χ3v) is 4.15. The van der Waals surface area contributed by atoms with Gasteiger partial charge in [0.2, 0.25) is 0 Å². The van der Waals surface area contributed by atoms with Crippen molar-refractivity contribution in [3.05, 3.63) is 50.2 Å². The first-order valence-corrected chi connectivity index (χ1v) is 6.73. The van der Waals surface area contributed by atoms with Crippen molar-refractivity contribution in [3.63, 3.8) is 0 Å². The summed E-state index contributed by atoms with van der Waals surface area (Å²) >= 11 is 7.15. The van der Waals surface area contributed by atoms with Crippen molar-refractivity contribution in [1.29, 1.82) is 0 Å². The highest BCUT2D eigenvalue weighted by Gasteiger charge is 2.17. The van der Waals surface area contributed by atoms with Crippen LogP contribution in [0.3, 0.4) is 0 Å². The largest absolute Gasteiger partial charge is 0.387 e. The number of aromatic nitrogens is 1. The highest BCUT2D eigenvalue weighted by Crippen LogP contribution is 2.29. The van der Waals surface area contributed by atoms with Crippen LogP contribution in [0.15, 0.2) is 18.2 Å².